The van der Waals surface area contributed by atoms with Gasteiger partial charge in [-0.1, -0.05) is 33.3 Å². The lowest BCUT2D eigenvalue weighted by Gasteiger charge is -2.62. The minimum absolute atomic E-state index is 0.0167. The molecule has 4 aliphatic carbocycles. The van der Waals surface area contributed by atoms with Crippen LogP contribution < -0.4 is 0 Å². The van der Waals surface area contributed by atoms with E-state index in [1.54, 1.807) is 6.92 Å². The quantitative estimate of drug-likeness (QED) is 0.663. The zero-order valence-electron chi connectivity index (χ0n) is 19.1. The normalized spacial score (nSPS) is 46.5. The fourth-order valence-corrected chi connectivity index (χ4v) is 8.18. The molecule has 3 fully saturated rings. The van der Waals surface area contributed by atoms with Crippen molar-refractivity contribution in [3.63, 3.8) is 0 Å². The van der Waals surface area contributed by atoms with E-state index in [9.17, 15) is 24.6 Å². The third-order valence-electron chi connectivity index (χ3n) is 9.50. The second-order valence-electron chi connectivity index (χ2n) is 10.9. The first kappa shape index (κ1) is 22.7. The first-order valence-electron chi connectivity index (χ1n) is 11.8. The predicted molar refractivity (Wildman–Crippen MR) is 114 cm³/mol. The summed E-state index contributed by atoms with van der Waals surface area (Å²) >= 11 is 0. The number of rotatable bonds is 4. The van der Waals surface area contributed by atoms with E-state index in [4.69, 9.17) is 4.74 Å². The number of allylic oxidation sites excluding steroid dienone is 1. The van der Waals surface area contributed by atoms with E-state index >= 15 is 0 Å². The largest absolute Gasteiger partial charge is 0.450 e. The second kappa shape index (κ2) is 7.51. The molecule has 0 saturated heterocycles. The number of hydrogen-bond acceptors (Lipinski definition) is 6. The number of Topliss-reactive ketones (excluding diaryl/α,β-unsaturated/α-hetero) is 1. The highest BCUT2D eigenvalue weighted by Gasteiger charge is 2.70. The number of esters is 1. The average molecular weight is 433 g/mol. The molecule has 31 heavy (non-hydrogen) atoms. The predicted octanol–water partition coefficient (Wildman–Crippen LogP) is 2.99. The van der Waals surface area contributed by atoms with Crippen LogP contribution in [0.25, 0.3) is 0 Å². The van der Waals surface area contributed by atoms with Crippen LogP contribution in [-0.4, -0.2) is 46.1 Å². The molecule has 2 unspecified atom stereocenters. The zero-order valence-corrected chi connectivity index (χ0v) is 19.1. The Kier molecular flexibility index (Phi) is 5.49. The molecule has 0 aromatic carbocycles. The summed E-state index contributed by atoms with van der Waals surface area (Å²) in [6.07, 6.45) is 4.89. The van der Waals surface area contributed by atoms with Crippen LogP contribution in [0.5, 0.6) is 0 Å². The van der Waals surface area contributed by atoms with Crippen molar-refractivity contribution in [2.45, 2.75) is 84.3 Å². The smallest absolute Gasteiger partial charge is 0.306 e. The SMILES string of the molecule is CCC(=O)O[C@]1(C(=O)CO)CC[C@H]2[C@@H]3CC(C)C4=CC(=O)CC[C@]4(C)[C@H]3C(O)C[C@@]21C. The molecule has 0 radical (unpaired) electrons. The molecule has 0 heterocycles. The van der Waals surface area contributed by atoms with Crippen molar-refractivity contribution in [1.82, 2.24) is 0 Å². The monoisotopic (exact) mass is 432 g/mol. The van der Waals surface area contributed by atoms with E-state index in [1.807, 2.05) is 13.0 Å². The van der Waals surface area contributed by atoms with E-state index in [0.29, 0.717) is 19.3 Å². The van der Waals surface area contributed by atoms with Gasteiger partial charge < -0.3 is 14.9 Å². The number of ether oxygens (including phenoxy) is 1. The topological polar surface area (TPSA) is 101 Å². The molecule has 172 valence electrons. The molecular formula is C25H36O6. The van der Waals surface area contributed by atoms with Crippen LogP contribution in [0.4, 0.5) is 0 Å². The third-order valence-corrected chi connectivity index (χ3v) is 9.50. The summed E-state index contributed by atoms with van der Waals surface area (Å²) < 4.78 is 5.86. The fourth-order valence-electron chi connectivity index (χ4n) is 8.18. The summed E-state index contributed by atoms with van der Waals surface area (Å²) in [6, 6.07) is 0. The molecule has 2 N–H and O–H groups in total. The average Bonchev–Trinajstić information content (AvgIpc) is 3.01. The van der Waals surface area contributed by atoms with Crippen molar-refractivity contribution in [2.75, 3.05) is 6.61 Å². The van der Waals surface area contributed by atoms with Crippen LogP contribution >= 0.6 is 0 Å². The lowest BCUT2D eigenvalue weighted by Crippen LogP contribution is -2.63. The van der Waals surface area contributed by atoms with E-state index < -0.39 is 35.5 Å². The number of hydrogen-bond donors (Lipinski definition) is 2. The molecule has 4 aliphatic rings. The lowest BCUT2D eigenvalue weighted by atomic mass is 9.44. The van der Waals surface area contributed by atoms with Crippen LogP contribution in [0.1, 0.15) is 72.6 Å². The maximum atomic E-state index is 13.1. The van der Waals surface area contributed by atoms with Crippen molar-refractivity contribution in [1.29, 1.82) is 0 Å². The lowest BCUT2D eigenvalue weighted by molar-refractivity contribution is -0.203. The molecule has 0 aromatic rings. The maximum absolute atomic E-state index is 13.1. The molecule has 0 bridgehead atoms. The van der Waals surface area contributed by atoms with Crippen molar-refractivity contribution in [3.8, 4) is 0 Å². The Hall–Kier alpha value is -1.53. The highest BCUT2D eigenvalue weighted by Crippen LogP contribution is 2.69. The van der Waals surface area contributed by atoms with Gasteiger partial charge in [-0.3, -0.25) is 14.4 Å². The maximum Gasteiger partial charge on any atom is 0.306 e. The first-order valence-corrected chi connectivity index (χ1v) is 11.8. The highest BCUT2D eigenvalue weighted by atomic mass is 16.6. The van der Waals surface area contributed by atoms with Gasteiger partial charge in [0.15, 0.2) is 11.4 Å². The number of carbonyl (C=O) groups is 3. The van der Waals surface area contributed by atoms with Gasteiger partial charge in [0.25, 0.3) is 0 Å². The summed E-state index contributed by atoms with van der Waals surface area (Å²) in [5.41, 5.74) is -1.17. The Morgan fingerprint density at radius 3 is 2.61 bits per heavy atom. The van der Waals surface area contributed by atoms with Crippen molar-refractivity contribution in [2.24, 2.45) is 34.5 Å². The summed E-state index contributed by atoms with van der Waals surface area (Å²) in [5, 5.41) is 21.3. The summed E-state index contributed by atoms with van der Waals surface area (Å²) in [7, 11) is 0. The van der Waals surface area contributed by atoms with Crippen LogP contribution in [-0.2, 0) is 19.1 Å². The van der Waals surface area contributed by atoms with Gasteiger partial charge in [0.2, 0.25) is 5.78 Å². The molecule has 6 heteroatoms. The summed E-state index contributed by atoms with van der Waals surface area (Å²) in [4.78, 5) is 37.5. The third kappa shape index (κ3) is 3.01. The van der Waals surface area contributed by atoms with Gasteiger partial charge >= 0.3 is 5.97 Å². The van der Waals surface area contributed by atoms with E-state index in [2.05, 4.69) is 13.8 Å². The zero-order chi connectivity index (χ0) is 22.8. The summed E-state index contributed by atoms with van der Waals surface area (Å²) in [5.74, 6) is -0.195. The van der Waals surface area contributed by atoms with Crippen molar-refractivity contribution in [3.05, 3.63) is 11.6 Å². The van der Waals surface area contributed by atoms with Gasteiger partial charge in [-0.2, -0.15) is 0 Å². The minimum Gasteiger partial charge on any atom is -0.450 e. The molecule has 3 saturated carbocycles. The molecule has 4 rings (SSSR count). The van der Waals surface area contributed by atoms with E-state index in [1.165, 1.54) is 5.57 Å². The van der Waals surface area contributed by atoms with Crippen LogP contribution in [0.2, 0.25) is 0 Å². The van der Waals surface area contributed by atoms with Gasteiger partial charge in [0, 0.05) is 18.3 Å². The Labute approximate surface area is 184 Å². The Morgan fingerprint density at radius 2 is 1.97 bits per heavy atom. The molecule has 0 aromatic heterocycles. The van der Waals surface area contributed by atoms with Gasteiger partial charge in [-0.05, 0) is 67.3 Å². The fraction of sp³-hybridized carbons (Fsp3) is 0.800. The van der Waals surface area contributed by atoms with Crippen LogP contribution in [0, 0.1) is 34.5 Å². The molecule has 0 spiro atoms. The number of ketones is 2. The van der Waals surface area contributed by atoms with Gasteiger partial charge in [-0.25, -0.2) is 0 Å². The van der Waals surface area contributed by atoms with Gasteiger partial charge in [-0.15, -0.1) is 0 Å². The van der Waals surface area contributed by atoms with E-state index in [-0.39, 0.29) is 41.3 Å². The first-order chi connectivity index (χ1) is 14.5. The van der Waals surface area contributed by atoms with Gasteiger partial charge in [0.1, 0.15) is 6.61 Å². The minimum atomic E-state index is -1.38. The number of aliphatic hydroxyl groups excluding tert-OH is 2. The number of carbonyl (C=O) groups excluding carboxylic acids is 3. The van der Waals surface area contributed by atoms with E-state index in [0.717, 1.165) is 19.3 Å². The van der Waals surface area contributed by atoms with Crippen molar-refractivity contribution >= 4 is 17.5 Å². The molecule has 0 amide bonds. The Balaban J connectivity index is 1.78. The van der Waals surface area contributed by atoms with Crippen LogP contribution in [0.3, 0.4) is 0 Å². The number of fused-ring (bicyclic) bond motifs is 5. The van der Waals surface area contributed by atoms with Crippen LogP contribution in [0.15, 0.2) is 11.6 Å². The molecule has 8 atom stereocenters. The second-order valence-corrected chi connectivity index (χ2v) is 10.9. The van der Waals surface area contributed by atoms with Gasteiger partial charge in [0.05, 0.1) is 6.10 Å². The number of aliphatic hydroxyl groups is 2. The summed E-state index contributed by atoms with van der Waals surface area (Å²) in [6.45, 7) is 7.36. The Bertz CT molecular complexity index is 832. The highest BCUT2D eigenvalue weighted by molar-refractivity contribution is 5.92. The molecular weight excluding hydrogens is 396 g/mol. The van der Waals surface area contributed by atoms with Crippen molar-refractivity contribution < 1.29 is 29.3 Å². The standard InChI is InChI=1S/C25H36O6/c1-5-21(30)31-25(20(29)13-26)9-7-17-16-10-14(2)18-11-15(27)6-8-23(18,3)22(16)19(28)12-24(17,25)4/h11,14,16-17,19,22,26,28H,5-10,12-13H2,1-4H3/t14?,16-,17-,19?,22+,23-,24-,25-/m0/s1. The Morgan fingerprint density at radius 1 is 1.26 bits per heavy atom. The molecule has 0 aliphatic heterocycles. The molecule has 6 nitrogen and oxygen atoms in total.